The van der Waals surface area contributed by atoms with Crippen LogP contribution < -0.4 is 5.73 Å². The normalized spacial score (nSPS) is 10.4. The SMILES string of the molecule is N=C(c1ccc(-c2ccccc2)cc1)c1ccsc1N. The van der Waals surface area contributed by atoms with E-state index in [9.17, 15) is 0 Å². The van der Waals surface area contributed by atoms with Crippen LogP contribution in [0.4, 0.5) is 5.00 Å². The standard InChI is InChI=1S/C17H14N2S/c18-16(15-10-11-20-17(15)19)14-8-6-13(7-9-14)12-4-2-1-3-5-12/h1-11,18H,19H2. The van der Waals surface area contributed by atoms with Crippen LogP contribution in [0.25, 0.3) is 11.1 Å². The second-order valence-corrected chi connectivity index (χ2v) is 5.46. The molecule has 0 radical (unpaired) electrons. The van der Waals surface area contributed by atoms with Gasteiger partial charge in [0.2, 0.25) is 0 Å². The zero-order valence-electron chi connectivity index (χ0n) is 10.8. The van der Waals surface area contributed by atoms with Crippen molar-refractivity contribution in [1.82, 2.24) is 0 Å². The summed E-state index contributed by atoms with van der Waals surface area (Å²) in [5, 5.41) is 10.8. The highest BCUT2D eigenvalue weighted by Crippen LogP contribution is 2.24. The van der Waals surface area contributed by atoms with E-state index in [1.165, 1.54) is 16.9 Å². The number of thiophene rings is 1. The summed E-state index contributed by atoms with van der Waals surface area (Å²) in [4.78, 5) is 0. The number of hydrogen-bond acceptors (Lipinski definition) is 3. The van der Waals surface area contributed by atoms with Gasteiger partial charge in [0.1, 0.15) is 0 Å². The van der Waals surface area contributed by atoms with Gasteiger partial charge >= 0.3 is 0 Å². The van der Waals surface area contributed by atoms with Gasteiger partial charge in [-0.3, -0.25) is 5.41 Å². The molecule has 0 unspecified atom stereocenters. The third kappa shape index (κ3) is 2.36. The quantitative estimate of drug-likeness (QED) is 0.685. The van der Waals surface area contributed by atoms with Crippen molar-refractivity contribution in [2.75, 3.05) is 5.73 Å². The van der Waals surface area contributed by atoms with Crippen molar-refractivity contribution in [3.05, 3.63) is 77.2 Å². The Morgan fingerprint density at radius 1 is 0.850 bits per heavy atom. The summed E-state index contributed by atoms with van der Waals surface area (Å²) >= 11 is 1.46. The molecule has 2 nitrogen and oxygen atoms in total. The minimum Gasteiger partial charge on any atom is -0.390 e. The lowest BCUT2D eigenvalue weighted by molar-refractivity contribution is 1.47. The van der Waals surface area contributed by atoms with Crippen molar-refractivity contribution < 1.29 is 0 Å². The first-order valence-electron chi connectivity index (χ1n) is 6.33. The molecule has 3 heteroatoms. The highest BCUT2D eigenvalue weighted by atomic mass is 32.1. The van der Waals surface area contributed by atoms with Crippen molar-refractivity contribution in [2.24, 2.45) is 0 Å². The van der Waals surface area contributed by atoms with E-state index in [4.69, 9.17) is 11.1 Å². The average molecular weight is 278 g/mol. The molecule has 3 rings (SSSR count). The molecule has 2 aromatic carbocycles. The van der Waals surface area contributed by atoms with Gasteiger partial charge in [-0.2, -0.15) is 0 Å². The molecular formula is C17H14N2S. The first-order chi connectivity index (χ1) is 9.75. The first kappa shape index (κ1) is 12.6. The summed E-state index contributed by atoms with van der Waals surface area (Å²) < 4.78 is 0. The molecule has 0 saturated carbocycles. The monoisotopic (exact) mass is 278 g/mol. The van der Waals surface area contributed by atoms with Crippen molar-refractivity contribution in [2.45, 2.75) is 0 Å². The predicted octanol–water partition coefficient (Wildman–Crippen LogP) is 4.41. The lowest BCUT2D eigenvalue weighted by Crippen LogP contribution is -2.02. The van der Waals surface area contributed by atoms with Gasteiger partial charge in [-0.15, -0.1) is 11.3 Å². The number of hydrogen-bond donors (Lipinski definition) is 2. The Hall–Kier alpha value is -2.39. The van der Waals surface area contributed by atoms with E-state index in [0.29, 0.717) is 10.7 Å². The van der Waals surface area contributed by atoms with E-state index in [0.717, 1.165) is 16.7 Å². The summed E-state index contributed by atoms with van der Waals surface area (Å²) in [6.07, 6.45) is 0. The van der Waals surface area contributed by atoms with E-state index in [2.05, 4.69) is 12.1 Å². The summed E-state index contributed by atoms with van der Waals surface area (Å²) in [6, 6.07) is 20.1. The van der Waals surface area contributed by atoms with Crippen LogP contribution >= 0.6 is 11.3 Å². The second kappa shape index (κ2) is 5.31. The Bertz CT molecular complexity index is 727. The predicted molar refractivity (Wildman–Crippen MR) is 86.5 cm³/mol. The van der Waals surface area contributed by atoms with Crippen LogP contribution in [0, 0.1) is 5.41 Å². The Morgan fingerprint density at radius 2 is 1.50 bits per heavy atom. The fraction of sp³-hybridized carbons (Fsp3) is 0. The van der Waals surface area contributed by atoms with Gasteiger partial charge < -0.3 is 5.73 Å². The Kier molecular flexibility index (Phi) is 3.35. The molecule has 0 spiro atoms. The Labute approximate surface area is 122 Å². The summed E-state index contributed by atoms with van der Waals surface area (Å²) in [6.45, 7) is 0. The van der Waals surface area contributed by atoms with Crippen LogP contribution in [0.3, 0.4) is 0 Å². The van der Waals surface area contributed by atoms with E-state index in [-0.39, 0.29) is 0 Å². The molecule has 0 aliphatic heterocycles. The third-order valence-corrected chi connectivity index (χ3v) is 3.99. The fourth-order valence-corrected chi connectivity index (χ4v) is 2.79. The van der Waals surface area contributed by atoms with Gasteiger partial charge in [0, 0.05) is 11.1 Å². The highest BCUT2D eigenvalue weighted by Gasteiger charge is 2.09. The highest BCUT2D eigenvalue weighted by molar-refractivity contribution is 7.14. The van der Waals surface area contributed by atoms with Gasteiger partial charge in [0.15, 0.2) is 0 Å². The summed E-state index contributed by atoms with van der Waals surface area (Å²) in [5.41, 5.74) is 10.4. The largest absolute Gasteiger partial charge is 0.390 e. The zero-order chi connectivity index (χ0) is 13.9. The molecule has 0 bridgehead atoms. The van der Waals surface area contributed by atoms with Crippen molar-refractivity contribution >= 4 is 22.0 Å². The number of rotatable bonds is 3. The summed E-state index contributed by atoms with van der Waals surface area (Å²) in [5.74, 6) is 0. The molecule has 3 aromatic rings. The van der Waals surface area contributed by atoms with Gasteiger partial charge in [-0.1, -0.05) is 54.6 Å². The molecule has 0 fully saturated rings. The molecule has 0 aliphatic rings. The first-order valence-corrected chi connectivity index (χ1v) is 7.21. The van der Waals surface area contributed by atoms with E-state index in [1.807, 2.05) is 53.9 Å². The zero-order valence-corrected chi connectivity index (χ0v) is 11.7. The lowest BCUT2D eigenvalue weighted by Gasteiger charge is -2.06. The topological polar surface area (TPSA) is 49.9 Å². The molecule has 1 heterocycles. The minimum atomic E-state index is 0.475. The van der Waals surface area contributed by atoms with Crippen molar-refractivity contribution in [3.63, 3.8) is 0 Å². The molecule has 3 N–H and O–H groups in total. The van der Waals surface area contributed by atoms with E-state index < -0.39 is 0 Å². The van der Waals surface area contributed by atoms with Crippen LogP contribution in [-0.2, 0) is 0 Å². The van der Waals surface area contributed by atoms with Crippen molar-refractivity contribution in [3.8, 4) is 11.1 Å². The maximum atomic E-state index is 8.23. The minimum absolute atomic E-state index is 0.475. The Morgan fingerprint density at radius 3 is 2.10 bits per heavy atom. The van der Waals surface area contributed by atoms with Gasteiger partial charge in [-0.25, -0.2) is 0 Å². The molecule has 1 aromatic heterocycles. The van der Waals surface area contributed by atoms with E-state index in [1.54, 1.807) is 0 Å². The smallest absolute Gasteiger partial charge is 0.0951 e. The number of nitrogen functional groups attached to an aromatic ring is 1. The molecule has 98 valence electrons. The van der Waals surface area contributed by atoms with Gasteiger partial charge in [0.05, 0.1) is 10.7 Å². The molecule has 0 saturated heterocycles. The molecule has 0 amide bonds. The van der Waals surface area contributed by atoms with Crippen LogP contribution in [-0.4, -0.2) is 5.71 Å². The van der Waals surface area contributed by atoms with Crippen LogP contribution in [0.1, 0.15) is 11.1 Å². The fourth-order valence-electron chi connectivity index (χ4n) is 2.14. The molecule has 0 atom stereocenters. The number of benzene rings is 2. The van der Waals surface area contributed by atoms with Gasteiger partial charge in [-0.05, 0) is 22.6 Å². The third-order valence-electron chi connectivity index (χ3n) is 3.25. The maximum Gasteiger partial charge on any atom is 0.0951 e. The molecular weight excluding hydrogens is 264 g/mol. The number of anilines is 1. The van der Waals surface area contributed by atoms with Crippen LogP contribution in [0.5, 0.6) is 0 Å². The lowest BCUT2D eigenvalue weighted by atomic mass is 10.00. The van der Waals surface area contributed by atoms with Gasteiger partial charge in [0.25, 0.3) is 0 Å². The molecule has 20 heavy (non-hydrogen) atoms. The number of nitrogens with two attached hydrogens (primary N) is 1. The Balaban J connectivity index is 1.91. The number of nitrogens with one attached hydrogen (secondary N) is 1. The maximum absolute atomic E-state index is 8.23. The molecule has 0 aliphatic carbocycles. The summed E-state index contributed by atoms with van der Waals surface area (Å²) in [7, 11) is 0. The van der Waals surface area contributed by atoms with Crippen molar-refractivity contribution in [1.29, 1.82) is 5.41 Å². The second-order valence-electron chi connectivity index (χ2n) is 4.52. The van der Waals surface area contributed by atoms with Crippen LogP contribution in [0.2, 0.25) is 0 Å². The van der Waals surface area contributed by atoms with E-state index >= 15 is 0 Å². The van der Waals surface area contributed by atoms with Crippen LogP contribution in [0.15, 0.2) is 66.0 Å². The average Bonchev–Trinajstić information content (AvgIpc) is 2.94.